The first kappa shape index (κ1) is 5.44. The van der Waals surface area contributed by atoms with Crippen LogP contribution in [0.4, 0.5) is 0 Å². The van der Waals surface area contributed by atoms with Gasteiger partial charge in [-0.15, -0.1) is 11.3 Å². The summed E-state index contributed by atoms with van der Waals surface area (Å²) >= 11 is 4.94. The normalized spacial score (nSPS) is 10.8. The Kier molecular flexibility index (Phi) is 1.10. The van der Waals surface area contributed by atoms with Gasteiger partial charge in [0.05, 0.1) is 16.2 Å². The molecule has 0 N–H and O–H groups in total. The highest BCUT2D eigenvalue weighted by molar-refractivity contribution is 9.11. The fourth-order valence-corrected chi connectivity index (χ4v) is 1.97. The van der Waals surface area contributed by atoms with E-state index < -0.39 is 0 Å². The van der Waals surface area contributed by atoms with Crippen molar-refractivity contribution in [1.82, 2.24) is 9.38 Å². The molecule has 1 radical (unpaired) electrons. The van der Waals surface area contributed by atoms with E-state index >= 15 is 0 Å². The maximum Gasteiger partial charge on any atom is 0.121 e. The first-order valence-electron chi connectivity index (χ1n) is 2.36. The second kappa shape index (κ2) is 1.82. The highest BCUT2D eigenvalue weighted by Crippen LogP contribution is 2.21. The van der Waals surface area contributed by atoms with Crippen LogP contribution in [0.1, 0.15) is 0 Å². The van der Waals surface area contributed by atoms with Gasteiger partial charge in [0.2, 0.25) is 0 Å². The minimum atomic E-state index is 1.01. The third-order valence-corrected chi connectivity index (χ3v) is 2.45. The number of fused-ring (bicyclic) bond motifs is 1. The van der Waals surface area contributed by atoms with Crippen LogP contribution in [0, 0.1) is 6.20 Å². The molecule has 0 aliphatic heterocycles. The molecule has 0 aliphatic carbocycles. The van der Waals surface area contributed by atoms with Crippen LogP contribution in [0.5, 0.6) is 0 Å². The fraction of sp³-hybridized carbons (Fsp3) is 0. The summed E-state index contributed by atoms with van der Waals surface area (Å²) in [5.41, 5.74) is 0. The van der Waals surface area contributed by atoms with Crippen LogP contribution >= 0.6 is 27.3 Å². The number of hydrogen-bond donors (Lipinski definition) is 0. The highest BCUT2D eigenvalue weighted by atomic mass is 79.9. The molecule has 0 spiro atoms. The van der Waals surface area contributed by atoms with Crippen molar-refractivity contribution in [2.45, 2.75) is 0 Å². The number of thiazole rings is 1. The summed E-state index contributed by atoms with van der Waals surface area (Å²) in [4.78, 5) is 5.04. The Morgan fingerprint density at radius 2 is 2.67 bits per heavy atom. The summed E-state index contributed by atoms with van der Waals surface area (Å²) in [6.45, 7) is 0. The number of halogens is 1. The second-order valence-corrected chi connectivity index (χ2v) is 3.94. The molecule has 2 nitrogen and oxygen atoms in total. The molecule has 2 heterocycles. The predicted octanol–water partition coefficient (Wildman–Crippen LogP) is 1.96. The molecule has 0 saturated carbocycles. The van der Waals surface area contributed by atoms with Crippen molar-refractivity contribution in [3.05, 3.63) is 22.5 Å². The Morgan fingerprint density at radius 1 is 1.78 bits per heavy atom. The van der Waals surface area contributed by atoms with Crippen LogP contribution in [0.25, 0.3) is 4.83 Å². The van der Waals surface area contributed by atoms with Gasteiger partial charge in [-0.2, -0.15) is 0 Å². The number of nitrogens with zero attached hydrogens (tertiary/aromatic N) is 2. The molecule has 45 valence electrons. The molecular weight excluding hydrogens is 200 g/mol. The van der Waals surface area contributed by atoms with E-state index in [0.717, 1.165) is 8.62 Å². The second-order valence-electron chi connectivity index (χ2n) is 1.59. The number of hydrogen-bond acceptors (Lipinski definition) is 2. The van der Waals surface area contributed by atoms with Gasteiger partial charge < -0.3 is 0 Å². The first-order chi connectivity index (χ1) is 4.36. The highest BCUT2D eigenvalue weighted by Gasteiger charge is 1.96. The van der Waals surface area contributed by atoms with Crippen LogP contribution in [0.2, 0.25) is 0 Å². The van der Waals surface area contributed by atoms with E-state index in [1.165, 1.54) is 0 Å². The number of imidazole rings is 1. The average molecular weight is 202 g/mol. The third kappa shape index (κ3) is 0.784. The van der Waals surface area contributed by atoms with Crippen molar-refractivity contribution >= 4 is 32.1 Å². The van der Waals surface area contributed by atoms with Crippen molar-refractivity contribution in [3.8, 4) is 0 Å². The zero-order valence-electron chi connectivity index (χ0n) is 4.34. The minimum Gasteiger partial charge on any atom is -0.287 e. The van der Waals surface area contributed by atoms with Crippen LogP contribution in [0.15, 0.2) is 16.3 Å². The lowest BCUT2D eigenvalue weighted by Gasteiger charge is -1.70. The van der Waals surface area contributed by atoms with Gasteiger partial charge in [0.1, 0.15) is 11.2 Å². The van der Waals surface area contributed by atoms with Crippen LogP contribution < -0.4 is 0 Å². The van der Waals surface area contributed by atoms with Crippen molar-refractivity contribution in [2.24, 2.45) is 0 Å². The summed E-state index contributed by atoms with van der Waals surface area (Å²) in [5.74, 6) is 0. The van der Waals surface area contributed by atoms with Crippen molar-refractivity contribution < 1.29 is 0 Å². The molecule has 2 aromatic heterocycles. The van der Waals surface area contributed by atoms with Crippen molar-refractivity contribution in [2.75, 3.05) is 0 Å². The summed E-state index contributed by atoms with van der Waals surface area (Å²) in [5, 5.41) is 0. The molecule has 0 bridgehead atoms. The lowest BCUT2D eigenvalue weighted by atomic mass is 10.9. The van der Waals surface area contributed by atoms with E-state index in [2.05, 4.69) is 27.1 Å². The topological polar surface area (TPSA) is 17.3 Å². The smallest absolute Gasteiger partial charge is 0.121 e. The lowest BCUT2D eigenvalue weighted by molar-refractivity contribution is 1.16. The molecule has 0 unspecified atom stereocenters. The molecule has 9 heavy (non-hydrogen) atoms. The molecule has 0 aliphatic rings. The van der Waals surface area contributed by atoms with Crippen molar-refractivity contribution in [3.63, 3.8) is 0 Å². The maximum atomic E-state index is 3.92. The number of aromatic nitrogens is 2. The zero-order chi connectivity index (χ0) is 6.27. The summed E-state index contributed by atoms with van der Waals surface area (Å²) in [6.07, 6.45) is 6.57. The average Bonchev–Trinajstić information content (AvgIpc) is 2.22. The van der Waals surface area contributed by atoms with Gasteiger partial charge in [-0.3, -0.25) is 4.40 Å². The van der Waals surface area contributed by atoms with Crippen LogP contribution in [-0.4, -0.2) is 9.38 Å². The Bertz CT molecular complexity index is 296. The van der Waals surface area contributed by atoms with E-state index in [0.29, 0.717) is 0 Å². The maximum absolute atomic E-state index is 3.92. The van der Waals surface area contributed by atoms with Gasteiger partial charge in [-0.05, 0) is 15.9 Å². The van der Waals surface area contributed by atoms with Gasteiger partial charge in [-0.1, -0.05) is 0 Å². The molecule has 2 aromatic rings. The largest absolute Gasteiger partial charge is 0.287 e. The Hall–Kier alpha value is -0.350. The molecule has 4 heteroatoms. The SMILES string of the molecule is Brc1[c]n2cncc2s1. The van der Waals surface area contributed by atoms with Gasteiger partial charge in [-0.25, -0.2) is 4.98 Å². The lowest BCUT2D eigenvalue weighted by Crippen LogP contribution is -1.67. The van der Waals surface area contributed by atoms with Gasteiger partial charge in [0, 0.05) is 0 Å². The quantitative estimate of drug-likeness (QED) is 0.638. The van der Waals surface area contributed by atoms with E-state index in [4.69, 9.17) is 0 Å². The van der Waals surface area contributed by atoms with E-state index in [1.807, 2.05) is 10.6 Å². The molecule has 0 atom stereocenters. The molecule has 0 fully saturated rings. The zero-order valence-corrected chi connectivity index (χ0v) is 6.74. The first-order valence-corrected chi connectivity index (χ1v) is 3.97. The predicted molar refractivity (Wildman–Crippen MR) is 39.6 cm³/mol. The standard InChI is InChI=1S/C5H2BrN2S/c6-4-2-8-3-7-1-5(8)9-4/h1,3H. The minimum absolute atomic E-state index is 1.01. The molecule has 2 rings (SSSR count). The van der Waals surface area contributed by atoms with Crippen LogP contribution in [0.3, 0.4) is 0 Å². The fourth-order valence-electron chi connectivity index (χ4n) is 0.652. The van der Waals surface area contributed by atoms with Crippen molar-refractivity contribution in [1.29, 1.82) is 0 Å². The van der Waals surface area contributed by atoms with Gasteiger partial charge in [0.25, 0.3) is 0 Å². The molecular formula is C5H2BrN2S. The van der Waals surface area contributed by atoms with Crippen LogP contribution in [-0.2, 0) is 0 Å². The Morgan fingerprint density at radius 3 is 3.44 bits per heavy atom. The summed E-state index contributed by atoms with van der Waals surface area (Å²) in [7, 11) is 0. The van der Waals surface area contributed by atoms with E-state index in [1.54, 1.807) is 17.7 Å². The van der Waals surface area contributed by atoms with E-state index in [-0.39, 0.29) is 0 Å². The molecule has 0 saturated heterocycles. The third-order valence-electron chi connectivity index (χ3n) is 1.01. The number of rotatable bonds is 0. The Balaban J connectivity index is 2.92. The Labute approximate surface area is 64.3 Å². The molecule has 0 amide bonds. The van der Waals surface area contributed by atoms with E-state index in [9.17, 15) is 0 Å². The molecule has 0 aromatic carbocycles. The monoisotopic (exact) mass is 201 g/mol. The summed E-state index contributed by atoms with van der Waals surface area (Å²) in [6, 6.07) is 0. The van der Waals surface area contributed by atoms with Gasteiger partial charge >= 0.3 is 0 Å². The summed E-state index contributed by atoms with van der Waals surface area (Å²) < 4.78 is 2.87. The van der Waals surface area contributed by atoms with Gasteiger partial charge in [0.15, 0.2) is 0 Å².